The van der Waals surface area contributed by atoms with Crippen molar-refractivity contribution in [1.29, 1.82) is 0 Å². The molecule has 0 aromatic carbocycles. The van der Waals surface area contributed by atoms with Crippen molar-refractivity contribution in [3.63, 3.8) is 0 Å². The van der Waals surface area contributed by atoms with E-state index in [9.17, 15) is 4.79 Å². The zero-order chi connectivity index (χ0) is 10.8. The molecule has 1 aromatic heterocycles. The molecule has 1 fully saturated rings. The van der Waals surface area contributed by atoms with Crippen molar-refractivity contribution >= 4 is 5.91 Å². The molecular weight excluding hydrogens is 188 g/mol. The van der Waals surface area contributed by atoms with Gasteiger partial charge in [0.15, 0.2) is 0 Å². The molecular formula is C12H16N2O. The molecule has 1 saturated heterocycles. The molecule has 0 aliphatic carbocycles. The van der Waals surface area contributed by atoms with Crippen LogP contribution in [0.2, 0.25) is 0 Å². The minimum Gasteiger partial charge on any atom is -0.336 e. The molecule has 3 nitrogen and oxygen atoms in total. The molecule has 0 bridgehead atoms. The molecule has 0 radical (unpaired) electrons. The van der Waals surface area contributed by atoms with Gasteiger partial charge in [0.05, 0.1) is 6.04 Å². The van der Waals surface area contributed by atoms with E-state index in [2.05, 4.69) is 11.1 Å². The smallest absolute Gasteiger partial charge is 0.219 e. The maximum atomic E-state index is 11.4. The number of rotatable bonds is 1. The van der Waals surface area contributed by atoms with Gasteiger partial charge in [-0.15, -0.1) is 0 Å². The summed E-state index contributed by atoms with van der Waals surface area (Å²) >= 11 is 0. The predicted octanol–water partition coefficient (Wildman–Crippen LogP) is 2.07. The van der Waals surface area contributed by atoms with Crippen LogP contribution in [0, 0.1) is 6.92 Å². The van der Waals surface area contributed by atoms with Crippen LogP contribution in [0.3, 0.4) is 0 Å². The summed E-state index contributed by atoms with van der Waals surface area (Å²) in [7, 11) is 0. The molecule has 0 unspecified atom stereocenters. The van der Waals surface area contributed by atoms with Gasteiger partial charge in [0.25, 0.3) is 0 Å². The number of likely N-dealkylation sites (tertiary alicyclic amines) is 1. The zero-order valence-electron chi connectivity index (χ0n) is 9.23. The van der Waals surface area contributed by atoms with Crippen molar-refractivity contribution in [2.24, 2.45) is 0 Å². The van der Waals surface area contributed by atoms with Gasteiger partial charge in [-0.25, -0.2) is 0 Å². The first-order valence-electron chi connectivity index (χ1n) is 5.39. The fraction of sp³-hybridized carbons (Fsp3) is 0.500. The first-order valence-corrected chi connectivity index (χ1v) is 5.39. The molecule has 3 heteroatoms. The van der Waals surface area contributed by atoms with E-state index in [1.54, 1.807) is 13.1 Å². The van der Waals surface area contributed by atoms with Gasteiger partial charge < -0.3 is 4.90 Å². The van der Waals surface area contributed by atoms with E-state index in [0.29, 0.717) is 0 Å². The van der Waals surface area contributed by atoms with E-state index < -0.39 is 0 Å². The molecule has 80 valence electrons. The summed E-state index contributed by atoms with van der Waals surface area (Å²) in [6, 6.07) is 4.27. The summed E-state index contributed by atoms with van der Waals surface area (Å²) in [5, 5.41) is 0. The van der Waals surface area contributed by atoms with Crippen LogP contribution in [0.5, 0.6) is 0 Å². The highest BCUT2D eigenvalue weighted by molar-refractivity contribution is 5.74. The van der Waals surface area contributed by atoms with E-state index in [1.165, 1.54) is 5.56 Å². The van der Waals surface area contributed by atoms with Gasteiger partial charge in [0.1, 0.15) is 0 Å². The Labute approximate surface area is 90.1 Å². The third-order valence-electron chi connectivity index (χ3n) is 3.06. The van der Waals surface area contributed by atoms with Crippen molar-refractivity contribution in [1.82, 2.24) is 9.88 Å². The van der Waals surface area contributed by atoms with Crippen molar-refractivity contribution < 1.29 is 4.79 Å². The number of nitrogens with zero attached hydrogens (tertiary/aromatic N) is 2. The summed E-state index contributed by atoms with van der Waals surface area (Å²) < 4.78 is 0. The molecule has 15 heavy (non-hydrogen) atoms. The Morgan fingerprint density at radius 1 is 1.60 bits per heavy atom. The van der Waals surface area contributed by atoms with Crippen LogP contribution in [0.4, 0.5) is 0 Å². The van der Waals surface area contributed by atoms with Gasteiger partial charge in [0.2, 0.25) is 5.91 Å². The van der Waals surface area contributed by atoms with E-state index in [0.717, 1.165) is 25.1 Å². The van der Waals surface area contributed by atoms with Crippen LogP contribution < -0.4 is 0 Å². The van der Waals surface area contributed by atoms with E-state index in [1.807, 2.05) is 17.9 Å². The fourth-order valence-corrected chi connectivity index (χ4v) is 2.32. The highest BCUT2D eigenvalue weighted by Crippen LogP contribution is 2.32. The molecule has 1 aliphatic rings. The standard InChI is InChI=1S/C12H16N2O/c1-9-11(5-3-7-13-9)12-6-4-8-14(12)10(2)15/h3,5,7,12H,4,6,8H2,1-2H3/t12-/m1/s1. The van der Waals surface area contributed by atoms with E-state index in [-0.39, 0.29) is 11.9 Å². The monoisotopic (exact) mass is 204 g/mol. The third-order valence-corrected chi connectivity index (χ3v) is 3.06. The Morgan fingerprint density at radius 2 is 2.40 bits per heavy atom. The average molecular weight is 204 g/mol. The van der Waals surface area contributed by atoms with Crippen molar-refractivity contribution in [2.75, 3.05) is 6.54 Å². The predicted molar refractivity (Wildman–Crippen MR) is 58.3 cm³/mol. The minimum atomic E-state index is 0.167. The maximum absolute atomic E-state index is 11.4. The molecule has 0 spiro atoms. The molecule has 1 aliphatic heterocycles. The fourth-order valence-electron chi connectivity index (χ4n) is 2.32. The minimum absolute atomic E-state index is 0.167. The summed E-state index contributed by atoms with van der Waals surface area (Å²) in [5.74, 6) is 0.167. The lowest BCUT2D eigenvalue weighted by atomic mass is 10.0. The van der Waals surface area contributed by atoms with Gasteiger partial charge in [-0.2, -0.15) is 0 Å². The average Bonchev–Trinajstić information content (AvgIpc) is 2.67. The number of carbonyl (C=O) groups excluding carboxylic acids is 1. The first kappa shape index (κ1) is 10.1. The molecule has 1 atom stereocenters. The van der Waals surface area contributed by atoms with Crippen LogP contribution in [-0.4, -0.2) is 22.3 Å². The van der Waals surface area contributed by atoms with Gasteiger partial charge in [-0.3, -0.25) is 9.78 Å². The first-order chi connectivity index (χ1) is 7.20. The summed E-state index contributed by atoms with van der Waals surface area (Å²) in [5.41, 5.74) is 2.24. The Morgan fingerprint density at radius 3 is 3.07 bits per heavy atom. The largest absolute Gasteiger partial charge is 0.336 e. The lowest BCUT2D eigenvalue weighted by Gasteiger charge is -2.24. The maximum Gasteiger partial charge on any atom is 0.219 e. The molecule has 2 heterocycles. The zero-order valence-corrected chi connectivity index (χ0v) is 9.23. The van der Waals surface area contributed by atoms with Gasteiger partial charge in [0, 0.05) is 25.4 Å². The van der Waals surface area contributed by atoms with Gasteiger partial charge in [-0.1, -0.05) is 6.07 Å². The van der Waals surface area contributed by atoms with Crippen LogP contribution in [-0.2, 0) is 4.79 Å². The molecule has 0 saturated carbocycles. The Balaban J connectivity index is 2.30. The normalized spacial score (nSPS) is 20.7. The summed E-state index contributed by atoms with van der Waals surface area (Å²) in [6.45, 7) is 4.53. The molecule has 1 aromatic rings. The van der Waals surface area contributed by atoms with Crippen LogP contribution in [0.15, 0.2) is 18.3 Å². The number of aromatic nitrogens is 1. The Bertz CT molecular complexity index is 376. The molecule has 2 rings (SSSR count). The van der Waals surface area contributed by atoms with Gasteiger partial charge >= 0.3 is 0 Å². The van der Waals surface area contributed by atoms with Gasteiger partial charge in [-0.05, 0) is 31.4 Å². The quantitative estimate of drug-likeness (QED) is 0.701. The van der Waals surface area contributed by atoms with Crippen LogP contribution in [0.25, 0.3) is 0 Å². The number of hydrogen-bond acceptors (Lipinski definition) is 2. The second-order valence-electron chi connectivity index (χ2n) is 4.05. The second kappa shape index (κ2) is 4.01. The van der Waals surface area contributed by atoms with Crippen molar-refractivity contribution in [3.8, 4) is 0 Å². The summed E-state index contributed by atoms with van der Waals surface area (Å²) in [4.78, 5) is 17.7. The van der Waals surface area contributed by atoms with E-state index >= 15 is 0 Å². The lowest BCUT2D eigenvalue weighted by Crippen LogP contribution is -2.28. The molecule has 0 N–H and O–H groups in total. The lowest BCUT2D eigenvalue weighted by molar-refractivity contribution is -0.129. The topological polar surface area (TPSA) is 33.2 Å². The van der Waals surface area contributed by atoms with E-state index in [4.69, 9.17) is 0 Å². The highest BCUT2D eigenvalue weighted by Gasteiger charge is 2.28. The summed E-state index contributed by atoms with van der Waals surface area (Å²) in [6.07, 6.45) is 3.95. The van der Waals surface area contributed by atoms with Crippen LogP contribution >= 0.6 is 0 Å². The van der Waals surface area contributed by atoms with Crippen LogP contribution in [0.1, 0.15) is 37.1 Å². The number of pyridine rings is 1. The third kappa shape index (κ3) is 1.87. The Kier molecular flexibility index (Phi) is 2.71. The van der Waals surface area contributed by atoms with Crippen molar-refractivity contribution in [3.05, 3.63) is 29.6 Å². The number of carbonyl (C=O) groups is 1. The SMILES string of the molecule is CC(=O)N1CCC[C@@H]1c1cccnc1C. The molecule has 1 amide bonds. The van der Waals surface area contributed by atoms with Crippen molar-refractivity contribution in [2.45, 2.75) is 32.7 Å². The highest BCUT2D eigenvalue weighted by atomic mass is 16.2. The second-order valence-corrected chi connectivity index (χ2v) is 4.05. The number of amides is 1. The number of hydrogen-bond donors (Lipinski definition) is 0. The number of aryl methyl sites for hydroxylation is 1. The Hall–Kier alpha value is -1.38.